The monoisotopic (exact) mass is 433 g/mol. The lowest BCUT2D eigenvalue weighted by molar-refractivity contribution is -0.135. The quantitative estimate of drug-likeness (QED) is 0.713. The Morgan fingerprint density at radius 3 is 2.44 bits per heavy atom. The maximum atomic E-state index is 13.0. The summed E-state index contributed by atoms with van der Waals surface area (Å²) in [5, 5.41) is 0.888. The van der Waals surface area contributed by atoms with Crippen LogP contribution in [0.5, 0.6) is 0 Å². The number of amides is 1. The summed E-state index contributed by atoms with van der Waals surface area (Å²) in [5.41, 5.74) is 0.805. The Kier molecular flexibility index (Phi) is 6.69. The van der Waals surface area contributed by atoms with Gasteiger partial charge in [0.25, 0.3) is 0 Å². The SMILES string of the molecule is CS(=O)(=O)N1CCN(C(=O)Cc2ccc(Cl)c(Cl)c2)[C@H](CN2CCCC2)C1. The predicted octanol–water partition coefficient (Wildman–Crippen LogP) is 2.10. The number of carbonyl (C=O) groups excluding carboxylic acids is 1. The summed E-state index contributed by atoms with van der Waals surface area (Å²) in [6.07, 6.45) is 3.76. The number of halogens is 2. The molecule has 1 aromatic carbocycles. The zero-order chi connectivity index (χ0) is 19.6. The number of likely N-dealkylation sites (tertiary alicyclic amines) is 1. The van der Waals surface area contributed by atoms with E-state index in [4.69, 9.17) is 23.2 Å². The number of piperazine rings is 1. The van der Waals surface area contributed by atoms with E-state index in [0.29, 0.717) is 36.2 Å². The number of sulfonamides is 1. The molecular weight excluding hydrogens is 409 g/mol. The number of hydrogen-bond acceptors (Lipinski definition) is 4. The van der Waals surface area contributed by atoms with Crippen LogP contribution in [0.2, 0.25) is 10.0 Å². The Balaban J connectivity index is 1.73. The molecule has 6 nitrogen and oxygen atoms in total. The fourth-order valence-corrected chi connectivity index (χ4v) is 4.98. The topological polar surface area (TPSA) is 60.9 Å². The Morgan fingerprint density at radius 1 is 1.11 bits per heavy atom. The van der Waals surface area contributed by atoms with Crippen LogP contribution in [-0.4, -0.2) is 80.0 Å². The molecule has 0 unspecified atom stereocenters. The first-order chi connectivity index (χ1) is 12.7. The molecule has 0 radical (unpaired) electrons. The van der Waals surface area contributed by atoms with Crippen LogP contribution in [0.3, 0.4) is 0 Å². The van der Waals surface area contributed by atoms with Gasteiger partial charge in [-0.05, 0) is 43.6 Å². The molecule has 1 aromatic rings. The van der Waals surface area contributed by atoms with Crippen molar-refractivity contribution in [2.24, 2.45) is 0 Å². The van der Waals surface area contributed by atoms with Gasteiger partial charge in [-0.25, -0.2) is 8.42 Å². The number of rotatable bonds is 5. The van der Waals surface area contributed by atoms with Crippen molar-refractivity contribution in [1.82, 2.24) is 14.1 Å². The molecule has 9 heteroatoms. The van der Waals surface area contributed by atoms with Gasteiger partial charge in [-0.15, -0.1) is 0 Å². The summed E-state index contributed by atoms with van der Waals surface area (Å²) in [6, 6.07) is 5.07. The smallest absolute Gasteiger partial charge is 0.227 e. The predicted molar refractivity (Wildman–Crippen MR) is 108 cm³/mol. The summed E-state index contributed by atoms with van der Waals surface area (Å²) in [6.45, 7) is 3.81. The minimum absolute atomic E-state index is 0.00858. The highest BCUT2D eigenvalue weighted by Gasteiger charge is 2.35. The van der Waals surface area contributed by atoms with Crippen molar-refractivity contribution in [1.29, 1.82) is 0 Å². The van der Waals surface area contributed by atoms with Crippen molar-refractivity contribution in [3.8, 4) is 0 Å². The van der Waals surface area contributed by atoms with E-state index in [0.717, 1.165) is 31.5 Å². The molecule has 3 rings (SSSR count). The van der Waals surface area contributed by atoms with Gasteiger partial charge in [0.05, 0.1) is 28.8 Å². The number of nitrogens with zero attached hydrogens (tertiary/aromatic N) is 3. The van der Waals surface area contributed by atoms with Crippen LogP contribution in [0.1, 0.15) is 18.4 Å². The van der Waals surface area contributed by atoms with Gasteiger partial charge in [-0.1, -0.05) is 29.3 Å². The maximum absolute atomic E-state index is 13.0. The van der Waals surface area contributed by atoms with E-state index in [9.17, 15) is 13.2 Å². The third-order valence-electron chi connectivity index (χ3n) is 5.24. The molecule has 2 heterocycles. The molecule has 0 aromatic heterocycles. The van der Waals surface area contributed by atoms with E-state index >= 15 is 0 Å². The highest BCUT2D eigenvalue weighted by Crippen LogP contribution is 2.24. The van der Waals surface area contributed by atoms with Gasteiger partial charge in [0, 0.05) is 26.2 Å². The van der Waals surface area contributed by atoms with Gasteiger partial charge in [-0.2, -0.15) is 4.31 Å². The molecule has 27 heavy (non-hydrogen) atoms. The molecule has 2 aliphatic rings. The molecule has 0 spiro atoms. The normalized spacial score (nSPS) is 22.3. The molecule has 0 saturated carbocycles. The van der Waals surface area contributed by atoms with Gasteiger partial charge in [-0.3, -0.25) is 4.79 Å². The summed E-state index contributed by atoms with van der Waals surface area (Å²) in [7, 11) is -3.27. The Hall–Kier alpha value is -0.860. The largest absolute Gasteiger partial charge is 0.335 e. The second kappa shape index (κ2) is 8.66. The summed E-state index contributed by atoms with van der Waals surface area (Å²) in [4.78, 5) is 17.1. The average Bonchev–Trinajstić information content (AvgIpc) is 3.10. The van der Waals surface area contributed by atoms with Gasteiger partial charge >= 0.3 is 0 Å². The van der Waals surface area contributed by atoms with Crippen molar-refractivity contribution in [2.45, 2.75) is 25.3 Å². The molecule has 0 N–H and O–H groups in total. The third kappa shape index (κ3) is 5.35. The van der Waals surface area contributed by atoms with Crippen LogP contribution in [-0.2, 0) is 21.2 Å². The van der Waals surface area contributed by atoms with Crippen LogP contribution >= 0.6 is 23.2 Å². The zero-order valence-electron chi connectivity index (χ0n) is 15.4. The third-order valence-corrected chi connectivity index (χ3v) is 7.25. The molecular formula is C18H25Cl2N3O3S. The molecule has 2 saturated heterocycles. The Morgan fingerprint density at radius 2 is 1.81 bits per heavy atom. The molecule has 1 amide bonds. The van der Waals surface area contributed by atoms with Gasteiger partial charge in [0.1, 0.15) is 0 Å². The van der Waals surface area contributed by atoms with E-state index in [2.05, 4.69) is 4.90 Å². The lowest BCUT2D eigenvalue weighted by atomic mass is 10.1. The van der Waals surface area contributed by atoms with Gasteiger partial charge in [0.15, 0.2) is 0 Å². The number of hydrogen-bond donors (Lipinski definition) is 0. The molecule has 2 fully saturated rings. The van der Waals surface area contributed by atoms with Crippen LogP contribution < -0.4 is 0 Å². The Bertz CT molecular complexity index is 797. The van der Waals surface area contributed by atoms with Crippen LogP contribution in [0.25, 0.3) is 0 Å². The van der Waals surface area contributed by atoms with Gasteiger partial charge < -0.3 is 9.80 Å². The van der Waals surface area contributed by atoms with Crippen molar-refractivity contribution >= 4 is 39.1 Å². The Labute approximate surface area is 171 Å². The van der Waals surface area contributed by atoms with Crippen LogP contribution in [0.15, 0.2) is 18.2 Å². The molecule has 2 aliphatic heterocycles. The minimum atomic E-state index is -3.27. The first-order valence-electron chi connectivity index (χ1n) is 9.15. The summed E-state index contributed by atoms with van der Waals surface area (Å²) < 4.78 is 25.5. The first-order valence-corrected chi connectivity index (χ1v) is 11.8. The van der Waals surface area contributed by atoms with E-state index in [1.807, 2.05) is 4.90 Å². The lowest BCUT2D eigenvalue weighted by Crippen LogP contribution is -2.59. The van der Waals surface area contributed by atoms with Gasteiger partial charge in [0.2, 0.25) is 15.9 Å². The van der Waals surface area contributed by atoms with Crippen molar-refractivity contribution in [3.63, 3.8) is 0 Å². The van der Waals surface area contributed by atoms with Crippen LogP contribution in [0, 0.1) is 0 Å². The van der Waals surface area contributed by atoms with Crippen LogP contribution in [0.4, 0.5) is 0 Å². The minimum Gasteiger partial charge on any atom is -0.335 e. The zero-order valence-corrected chi connectivity index (χ0v) is 17.7. The van der Waals surface area contributed by atoms with E-state index < -0.39 is 10.0 Å². The summed E-state index contributed by atoms with van der Waals surface area (Å²) in [5.74, 6) is -0.00858. The first kappa shape index (κ1) is 20.9. The second-order valence-corrected chi connectivity index (χ2v) is 10.1. The molecule has 150 valence electrons. The highest BCUT2D eigenvalue weighted by atomic mass is 35.5. The average molecular weight is 434 g/mol. The van der Waals surface area contributed by atoms with E-state index in [1.165, 1.54) is 10.6 Å². The van der Waals surface area contributed by atoms with Crippen molar-refractivity contribution < 1.29 is 13.2 Å². The fourth-order valence-electron chi connectivity index (χ4n) is 3.80. The molecule has 0 aliphatic carbocycles. The number of benzene rings is 1. The molecule has 0 bridgehead atoms. The fraction of sp³-hybridized carbons (Fsp3) is 0.611. The van der Waals surface area contributed by atoms with Crippen molar-refractivity contribution in [2.75, 3.05) is 45.5 Å². The standard InChI is InChI=1S/C18H25Cl2N3O3S/c1-27(25,26)22-8-9-23(15(13-22)12-21-6-2-3-7-21)18(24)11-14-4-5-16(19)17(20)10-14/h4-5,10,15H,2-3,6-9,11-13H2,1H3/t15-/m1/s1. The summed E-state index contributed by atoms with van der Waals surface area (Å²) >= 11 is 12.0. The van der Waals surface area contributed by atoms with E-state index in [1.54, 1.807) is 18.2 Å². The van der Waals surface area contributed by atoms with E-state index in [-0.39, 0.29) is 18.4 Å². The highest BCUT2D eigenvalue weighted by molar-refractivity contribution is 7.88. The number of carbonyl (C=O) groups is 1. The maximum Gasteiger partial charge on any atom is 0.227 e. The molecule has 1 atom stereocenters. The second-order valence-electron chi connectivity index (χ2n) is 7.29. The van der Waals surface area contributed by atoms with Crippen molar-refractivity contribution in [3.05, 3.63) is 33.8 Å². The lowest BCUT2D eigenvalue weighted by Gasteiger charge is -2.42.